The monoisotopic (exact) mass is 381 g/mol. The van der Waals surface area contributed by atoms with Crippen molar-refractivity contribution in [3.05, 3.63) is 29.3 Å². The Morgan fingerprint density at radius 3 is 2.88 bits per heavy atom. The molecule has 1 unspecified atom stereocenters. The first-order valence-electron chi connectivity index (χ1n) is 8.01. The van der Waals surface area contributed by atoms with Crippen molar-refractivity contribution in [2.75, 3.05) is 10.6 Å². The van der Waals surface area contributed by atoms with Crippen molar-refractivity contribution in [2.45, 2.75) is 43.7 Å². The Balaban J connectivity index is 1.66. The Labute approximate surface area is 150 Å². The zero-order chi connectivity index (χ0) is 17.9. The number of amides is 1. The molecule has 0 saturated carbocycles. The van der Waals surface area contributed by atoms with Gasteiger partial charge in [0.2, 0.25) is 15.2 Å². The predicted molar refractivity (Wildman–Crippen MR) is 95.9 cm³/mol. The molecule has 0 bridgehead atoms. The Morgan fingerprint density at radius 1 is 1.28 bits per heavy atom. The zero-order valence-electron chi connectivity index (χ0n) is 13.7. The van der Waals surface area contributed by atoms with Crippen molar-refractivity contribution < 1.29 is 13.2 Å². The van der Waals surface area contributed by atoms with Crippen LogP contribution < -0.4 is 15.4 Å². The van der Waals surface area contributed by atoms with Crippen molar-refractivity contribution in [3.8, 4) is 0 Å². The molecule has 1 aliphatic heterocycles. The van der Waals surface area contributed by atoms with Gasteiger partial charge in [0.25, 0.3) is 5.91 Å². The van der Waals surface area contributed by atoms with E-state index in [4.69, 9.17) is 0 Å². The first kappa shape index (κ1) is 17.8. The second-order valence-corrected chi connectivity index (χ2v) is 8.39. The van der Waals surface area contributed by atoms with E-state index < -0.39 is 22.1 Å². The number of unbranched alkanes of at least 4 members (excludes halogenated alkanes) is 2. The van der Waals surface area contributed by atoms with Gasteiger partial charge in [-0.2, -0.15) is 4.72 Å². The second kappa shape index (κ2) is 7.46. The molecule has 1 amide bonds. The van der Waals surface area contributed by atoms with Gasteiger partial charge >= 0.3 is 0 Å². The molecule has 134 valence electrons. The number of nitrogens with one attached hydrogen (secondary N) is 3. The van der Waals surface area contributed by atoms with Gasteiger partial charge in [0.05, 0.1) is 5.69 Å². The number of carbonyl (C=O) groups excluding carboxylic acids is 1. The average Bonchev–Trinajstić information content (AvgIpc) is 3.02. The number of aryl methyl sites for hydroxylation is 1. The summed E-state index contributed by atoms with van der Waals surface area (Å²) >= 11 is 1.30. The maximum atomic E-state index is 12.4. The van der Waals surface area contributed by atoms with Crippen LogP contribution in [0.3, 0.4) is 0 Å². The van der Waals surface area contributed by atoms with Crippen molar-refractivity contribution in [3.63, 3.8) is 0 Å². The Morgan fingerprint density at radius 2 is 2.08 bits per heavy atom. The smallest absolute Gasteiger partial charge is 0.264 e. The van der Waals surface area contributed by atoms with E-state index in [0.29, 0.717) is 10.8 Å². The first-order valence-corrected chi connectivity index (χ1v) is 10.3. The Hall–Kier alpha value is -2.04. The molecular weight excluding hydrogens is 362 g/mol. The van der Waals surface area contributed by atoms with Gasteiger partial charge in [-0.3, -0.25) is 10.1 Å². The van der Waals surface area contributed by atoms with Gasteiger partial charge < -0.3 is 5.32 Å². The summed E-state index contributed by atoms with van der Waals surface area (Å²) in [5.41, 5.74) is 0.388. The highest BCUT2D eigenvalue weighted by Gasteiger charge is 2.33. The fourth-order valence-electron chi connectivity index (χ4n) is 2.45. The van der Waals surface area contributed by atoms with E-state index in [2.05, 4.69) is 32.5 Å². The number of hydrogen-bond acceptors (Lipinski definition) is 7. The fraction of sp³-hybridized carbons (Fsp3) is 0.400. The summed E-state index contributed by atoms with van der Waals surface area (Å²) in [5.74, 6) is -0.533. The lowest BCUT2D eigenvalue weighted by Gasteiger charge is -2.26. The van der Waals surface area contributed by atoms with E-state index in [0.717, 1.165) is 30.7 Å². The van der Waals surface area contributed by atoms with E-state index in [1.165, 1.54) is 17.4 Å². The van der Waals surface area contributed by atoms with E-state index in [-0.39, 0.29) is 4.90 Å². The van der Waals surface area contributed by atoms with Gasteiger partial charge in [-0.05, 0) is 18.6 Å². The molecule has 1 aromatic heterocycles. The maximum Gasteiger partial charge on any atom is 0.264 e. The number of anilines is 2. The Bertz CT molecular complexity index is 866. The van der Waals surface area contributed by atoms with E-state index in [1.807, 2.05) is 0 Å². The third kappa shape index (κ3) is 4.14. The summed E-state index contributed by atoms with van der Waals surface area (Å²) in [6.45, 7) is 2.13. The summed E-state index contributed by atoms with van der Waals surface area (Å²) in [7, 11) is -3.74. The van der Waals surface area contributed by atoms with Crippen LogP contribution in [0, 0.1) is 0 Å². The molecule has 1 aromatic carbocycles. The largest absolute Gasteiger partial charge is 0.360 e. The van der Waals surface area contributed by atoms with Gasteiger partial charge in [-0.15, -0.1) is 10.2 Å². The highest BCUT2D eigenvalue weighted by atomic mass is 32.2. The minimum Gasteiger partial charge on any atom is -0.360 e. The van der Waals surface area contributed by atoms with Crippen molar-refractivity contribution in [1.29, 1.82) is 0 Å². The summed E-state index contributed by atoms with van der Waals surface area (Å²) in [4.78, 5) is 12.5. The van der Waals surface area contributed by atoms with Crippen LogP contribution in [0.4, 0.5) is 10.8 Å². The minimum absolute atomic E-state index is 0.119. The molecule has 1 atom stereocenters. The minimum atomic E-state index is -3.74. The predicted octanol–water partition coefficient (Wildman–Crippen LogP) is 1.94. The van der Waals surface area contributed by atoms with Gasteiger partial charge in [0, 0.05) is 6.42 Å². The van der Waals surface area contributed by atoms with Gasteiger partial charge in [-0.25, -0.2) is 8.42 Å². The molecule has 0 fully saturated rings. The first-order chi connectivity index (χ1) is 12.0. The van der Waals surface area contributed by atoms with Crippen LogP contribution in [-0.4, -0.2) is 30.7 Å². The number of rotatable bonds is 6. The van der Waals surface area contributed by atoms with E-state index >= 15 is 0 Å². The highest BCUT2D eigenvalue weighted by molar-refractivity contribution is 7.89. The van der Waals surface area contributed by atoms with Crippen LogP contribution in [0.5, 0.6) is 0 Å². The number of hydrogen-bond donors (Lipinski definition) is 3. The maximum absolute atomic E-state index is 12.4. The number of nitrogens with zero attached hydrogens (tertiary/aromatic N) is 2. The van der Waals surface area contributed by atoms with Crippen molar-refractivity contribution >= 4 is 38.1 Å². The molecule has 0 radical (unpaired) electrons. The fourth-order valence-corrected chi connectivity index (χ4v) is 4.51. The number of sulfonamides is 1. The molecular formula is C15H19N5O3S2. The average molecular weight is 381 g/mol. The molecule has 3 rings (SSSR count). The van der Waals surface area contributed by atoms with E-state index in [1.54, 1.807) is 18.2 Å². The molecule has 1 aliphatic rings. The molecule has 2 aromatic rings. The van der Waals surface area contributed by atoms with Gasteiger partial charge in [0.1, 0.15) is 9.90 Å². The summed E-state index contributed by atoms with van der Waals surface area (Å²) < 4.78 is 26.8. The molecule has 3 N–H and O–H groups in total. The van der Waals surface area contributed by atoms with Gasteiger partial charge in [-0.1, -0.05) is 43.2 Å². The summed E-state index contributed by atoms with van der Waals surface area (Å²) in [6.07, 6.45) is 2.99. The lowest BCUT2D eigenvalue weighted by Crippen LogP contribution is -2.51. The van der Waals surface area contributed by atoms with E-state index in [9.17, 15) is 13.2 Å². The SMILES string of the molecule is CCCCCc1nnc(NC(=O)C2Nc3ccccc3S(=O)(=O)N2)s1. The molecule has 0 spiro atoms. The van der Waals surface area contributed by atoms with Crippen molar-refractivity contribution in [2.24, 2.45) is 0 Å². The lowest BCUT2D eigenvalue weighted by atomic mass is 10.2. The Kier molecular flexibility index (Phi) is 5.30. The van der Waals surface area contributed by atoms with Crippen LogP contribution >= 0.6 is 11.3 Å². The van der Waals surface area contributed by atoms with Crippen LogP contribution in [-0.2, 0) is 21.2 Å². The lowest BCUT2D eigenvalue weighted by molar-refractivity contribution is -0.117. The molecule has 0 saturated heterocycles. The normalized spacial score (nSPS) is 18.2. The number of carbonyl (C=O) groups is 1. The highest BCUT2D eigenvalue weighted by Crippen LogP contribution is 2.26. The summed E-state index contributed by atoms with van der Waals surface area (Å²) in [6, 6.07) is 6.42. The van der Waals surface area contributed by atoms with Crippen LogP contribution in [0.1, 0.15) is 31.2 Å². The number of aromatic nitrogens is 2. The quantitative estimate of drug-likeness (QED) is 0.659. The summed E-state index contributed by atoms with van der Waals surface area (Å²) in [5, 5.41) is 14.7. The third-order valence-corrected chi connectivity index (χ3v) is 6.08. The number of fused-ring (bicyclic) bond motifs is 1. The molecule has 2 heterocycles. The molecule has 0 aliphatic carbocycles. The second-order valence-electron chi connectivity index (χ2n) is 5.64. The van der Waals surface area contributed by atoms with Crippen LogP contribution in [0.15, 0.2) is 29.2 Å². The topological polar surface area (TPSA) is 113 Å². The molecule has 25 heavy (non-hydrogen) atoms. The standard InChI is InChI=1S/C15H19N5O3S2/c1-2-3-4-9-12-18-19-15(24-12)17-14(21)13-16-10-7-5-6-8-11(10)25(22,23)20-13/h5-8,13,16,20H,2-4,9H2,1H3,(H,17,19,21). The number of benzene rings is 1. The van der Waals surface area contributed by atoms with Crippen molar-refractivity contribution in [1.82, 2.24) is 14.9 Å². The van der Waals surface area contributed by atoms with Crippen LogP contribution in [0.2, 0.25) is 0 Å². The number of para-hydroxylation sites is 1. The molecule has 8 nitrogen and oxygen atoms in total. The van der Waals surface area contributed by atoms with Gasteiger partial charge in [0.15, 0.2) is 6.17 Å². The zero-order valence-corrected chi connectivity index (χ0v) is 15.3. The third-order valence-electron chi connectivity index (χ3n) is 3.70. The van der Waals surface area contributed by atoms with Crippen LogP contribution in [0.25, 0.3) is 0 Å². The molecule has 10 heteroatoms.